The third kappa shape index (κ3) is 4.30. The maximum atomic E-state index is 12.7. The lowest BCUT2D eigenvalue weighted by Crippen LogP contribution is -2.35. The van der Waals surface area contributed by atoms with Crippen LogP contribution in [-0.2, 0) is 17.5 Å². The normalized spacial score (nSPS) is 11.5. The number of nitrogens with zero attached hydrogens (tertiary/aromatic N) is 1. The molecule has 0 atom stereocenters. The third-order valence-electron chi connectivity index (χ3n) is 4.15. The molecule has 2 aromatic carbocycles. The maximum Gasteiger partial charge on any atom is 0.416 e. The summed E-state index contributed by atoms with van der Waals surface area (Å²) >= 11 is 0. The van der Waals surface area contributed by atoms with E-state index in [-0.39, 0.29) is 25.1 Å². The Hall–Kier alpha value is -3.36. The predicted molar refractivity (Wildman–Crippen MR) is 98.1 cm³/mol. The first-order valence-electron chi connectivity index (χ1n) is 8.45. The summed E-state index contributed by atoms with van der Waals surface area (Å²) in [5.74, 6) is -0.510. The number of carbonyl (C=O) groups excluding carboxylic acids is 1. The number of nitrogens with one attached hydrogen (secondary N) is 2. The molecule has 0 aliphatic rings. The molecule has 0 spiro atoms. The van der Waals surface area contributed by atoms with E-state index in [1.807, 2.05) is 0 Å². The molecule has 1 aromatic heterocycles. The van der Waals surface area contributed by atoms with Crippen molar-refractivity contribution in [2.45, 2.75) is 25.6 Å². The zero-order valence-corrected chi connectivity index (χ0v) is 14.5. The minimum atomic E-state index is -4.50. The van der Waals surface area contributed by atoms with Gasteiger partial charge in [-0.15, -0.1) is 0 Å². The van der Waals surface area contributed by atoms with Gasteiger partial charge >= 0.3 is 11.9 Å². The Morgan fingerprint density at radius 3 is 2.57 bits per heavy atom. The number of aromatic nitrogens is 2. The van der Waals surface area contributed by atoms with Gasteiger partial charge in [0.25, 0.3) is 5.56 Å². The summed E-state index contributed by atoms with van der Waals surface area (Å²) in [5.41, 5.74) is -1.45. The van der Waals surface area contributed by atoms with Crippen molar-refractivity contribution in [3.8, 4) is 0 Å². The first-order chi connectivity index (χ1) is 13.3. The number of alkyl halides is 3. The lowest BCUT2D eigenvalue weighted by atomic mass is 10.2. The summed E-state index contributed by atoms with van der Waals surface area (Å²) in [6.07, 6.45) is -4.39. The van der Waals surface area contributed by atoms with Gasteiger partial charge in [0.2, 0.25) is 5.91 Å². The first-order valence-corrected chi connectivity index (χ1v) is 8.45. The van der Waals surface area contributed by atoms with Crippen LogP contribution in [0.25, 0.3) is 10.9 Å². The number of hydrogen-bond acceptors (Lipinski definition) is 3. The fraction of sp³-hybridized carbons (Fsp3) is 0.211. The number of H-pyrrole nitrogens is 1. The van der Waals surface area contributed by atoms with Crippen molar-refractivity contribution in [1.82, 2.24) is 9.55 Å². The van der Waals surface area contributed by atoms with Gasteiger partial charge in [-0.2, -0.15) is 13.2 Å². The number of aromatic amines is 1. The fourth-order valence-corrected chi connectivity index (χ4v) is 2.80. The highest BCUT2D eigenvalue weighted by atomic mass is 19.4. The van der Waals surface area contributed by atoms with Gasteiger partial charge in [0.05, 0.1) is 16.5 Å². The fourth-order valence-electron chi connectivity index (χ4n) is 2.80. The van der Waals surface area contributed by atoms with Crippen LogP contribution in [0.3, 0.4) is 0 Å². The van der Waals surface area contributed by atoms with Crippen LogP contribution in [0.1, 0.15) is 18.4 Å². The molecule has 0 aliphatic heterocycles. The van der Waals surface area contributed by atoms with Crippen LogP contribution in [0.4, 0.5) is 18.9 Å². The third-order valence-corrected chi connectivity index (χ3v) is 4.15. The number of para-hydroxylation sites is 1. The summed E-state index contributed by atoms with van der Waals surface area (Å²) < 4.78 is 39.1. The Morgan fingerprint density at radius 2 is 1.82 bits per heavy atom. The summed E-state index contributed by atoms with van der Waals surface area (Å²) in [6, 6.07) is 10.9. The van der Waals surface area contributed by atoms with Gasteiger partial charge in [-0.1, -0.05) is 18.2 Å². The standard InChI is InChI=1S/C19H16F3N3O3/c20-19(21,22)12-5-3-6-13(11-12)23-16(26)9-4-10-25-17(27)14-7-1-2-8-15(14)24-18(25)28/h1-3,5-8,11H,4,9-10H2,(H,23,26)(H,24,28). The maximum absolute atomic E-state index is 12.7. The molecule has 0 radical (unpaired) electrons. The Balaban J connectivity index is 1.64. The van der Waals surface area contributed by atoms with E-state index >= 15 is 0 Å². The summed E-state index contributed by atoms with van der Waals surface area (Å²) in [7, 11) is 0. The van der Waals surface area contributed by atoms with Gasteiger partial charge in [0.15, 0.2) is 0 Å². The Kier molecular flexibility index (Phi) is 5.34. The molecule has 0 saturated carbocycles. The highest BCUT2D eigenvalue weighted by molar-refractivity contribution is 5.90. The number of amides is 1. The Morgan fingerprint density at radius 1 is 1.07 bits per heavy atom. The number of benzene rings is 2. The molecule has 0 saturated heterocycles. The van der Waals surface area contributed by atoms with Crippen LogP contribution in [0.15, 0.2) is 58.1 Å². The van der Waals surface area contributed by atoms with E-state index in [0.717, 1.165) is 16.7 Å². The van der Waals surface area contributed by atoms with Crippen molar-refractivity contribution in [1.29, 1.82) is 0 Å². The van der Waals surface area contributed by atoms with E-state index in [9.17, 15) is 27.6 Å². The monoisotopic (exact) mass is 391 g/mol. The molecule has 146 valence electrons. The summed E-state index contributed by atoms with van der Waals surface area (Å²) in [4.78, 5) is 39.0. The molecule has 9 heteroatoms. The van der Waals surface area contributed by atoms with E-state index in [0.29, 0.717) is 10.9 Å². The van der Waals surface area contributed by atoms with Crippen molar-refractivity contribution < 1.29 is 18.0 Å². The molecule has 0 unspecified atom stereocenters. The van der Waals surface area contributed by atoms with Crippen molar-refractivity contribution in [2.24, 2.45) is 0 Å². The number of hydrogen-bond donors (Lipinski definition) is 2. The van der Waals surface area contributed by atoms with Crippen molar-refractivity contribution >= 4 is 22.5 Å². The van der Waals surface area contributed by atoms with Crippen molar-refractivity contribution in [3.05, 3.63) is 74.9 Å². The number of rotatable bonds is 5. The van der Waals surface area contributed by atoms with E-state index in [1.165, 1.54) is 12.1 Å². The summed E-state index contributed by atoms with van der Waals surface area (Å²) in [6.45, 7) is 0.00894. The molecular weight excluding hydrogens is 375 g/mol. The van der Waals surface area contributed by atoms with Crippen LogP contribution in [0, 0.1) is 0 Å². The first kappa shape index (κ1) is 19.4. The number of anilines is 1. The second-order valence-electron chi connectivity index (χ2n) is 6.16. The molecule has 1 heterocycles. The predicted octanol–water partition coefficient (Wildman–Crippen LogP) is 3.13. The lowest BCUT2D eigenvalue weighted by molar-refractivity contribution is -0.137. The van der Waals surface area contributed by atoms with Crippen LogP contribution < -0.4 is 16.6 Å². The van der Waals surface area contributed by atoms with Crippen LogP contribution in [0.2, 0.25) is 0 Å². The molecule has 1 amide bonds. The van der Waals surface area contributed by atoms with Gasteiger partial charge < -0.3 is 10.3 Å². The molecule has 0 fully saturated rings. The molecule has 3 rings (SSSR count). The molecule has 6 nitrogen and oxygen atoms in total. The van der Waals surface area contributed by atoms with Gasteiger partial charge in [-0.25, -0.2) is 4.79 Å². The van der Waals surface area contributed by atoms with Gasteiger partial charge in [0.1, 0.15) is 0 Å². The van der Waals surface area contributed by atoms with Crippen molar-refractivity contribution in [3.63, 3.8) is 0 Å². The van der Waals surface area contributed by atoms with Crippen molar-refractivity contribution in [2.75, 3.05) is 5.32 Å². The smallest absolute Gasteiger partial charge is 0.326 e. The molecule has 2 N–H and O–H groups in total. The van der Waals surface area contributed by atoms with E-state index < -0.39 is 28.9 Å². The largest absolute Gasteiger partial charge is 0.416 e. The van der Waals surface area contributed by atoms with E-state index in [1.54, 1.807) is 24.3 Å². The number of fused-ring (bicyclic) bond motifs is 1. The number of halogens is 3. The molecule has 3 aromatic rings. The SMILES string of the molecule is O=C(CCCn1c(=O)[nH]c2ccccc2c1=O)Nc1cccc(C(F)(F)F)c1. The molecule has 28 heavy (non-hydrogen) atoms. The molecular formula is C19H16F3N3O3. The minimum Gasteiger partial charge on any atom is -0.326 e. The van der Waals surface area contributed by atoms with Crippen LogP contribution >= 0.6 is 0 Å². The zero-order chi connectivity index (χ0) is 20.3. The van der Waals surface area contributed by atoms with E-state index in [4.69, 9.17) is 0 Å². The minimum absolute atomic E-state index is 0.00894. The van der Waals surface area contributed by atoms with Crippen LogP contribution in [0.5, 0.6) is 0 Å². The Bertz CT molecular complexity index is 1130. The average molecular weight is 391 g/mol. The highest BCUT2D eigenvalue weighted by Gasteiger charge is 2.30. The zero-order valence-electron chi connectivity index (χ0n) is 14.5. The molecule has 0 bridgehead atoms. The second kappa shape index (κ2) is 7.71. The summed E-state index contributed by atoms with van der Waals surface area (Å²) in [5, 5.41) is 2.74. The quantitative estimate of drug-likeness (QED) is 0.701. The lowest BCUT2D eigenvalue weighted by Gasteiger charge is -2.10. The van der Waals surface area contributed by atoms with E-state index in [2.05, 4.69) is 10.3 Å². The number of carbonyl (C=O) groups is 1. The van der Waals surface area contributed by atoms with Gasteiger partial charge in [-0.05, 0) is 36.8 Å². The molecule has 0 aliphatic carbocycles. The van der Waals surface area contributed by atoms with Gasteiger partial charge in [-0.3, -0.25) is 14.2 Å². The Labute approximate surface area is 156 Å². The second-order valence-corrected chi connectivity index (χ2v) is 6.16. The average Bonchev–Trinajstić information content (AvgIpc) is 2.64. The topological polar surface area (TPSA) is 84.0 Å². The van der Waals surface area contributed by atoms with Crippen LogP contribution in [-0.4, -0.2) is 15.5 Å². The highest BCUT2D eigenvalue weighted by Crippen LogP contribution is 2.30. The van der Waals surface area contributed by atoms with Gasteiger partial charge in [0, 0.05) is 18.7 Å².